The maximum atomic E-state index is 13.9. The molecule has 152 valence electrons. The van der Waals surface area contributed by atoms with E-state index in [1.165, 1.54) is 26.4 Å². The molecule has 0 aliphatic rings. The van der Waals surface area contributed by atoms with Crippen molar-refractivity contribution in [3.05, 3.63) is 83.3 Å². The molecule has 0 saturated carbocycles. The van der Waals surface area contributed by atoms with Crippen LogP contribution in [0.4, 0.5) is 4.39 Å². The number of rotatable bonds is 5. The highest BCUT2D eigenvalue weighted by molar-refractivity contribution is 6.01. The Morgan fingerprint density at radius 3 is 2.50 bits per heavy atom. The number of carbonyl (C=O) groups excluding carboxylic acids is 2. The molecule has 0 fully saturated rings. The average Bonchev–Trinajstić information content (AvgIpc) is 3.06. The molecule has 1 aromatic heterocycles. The number of fused-ring (bicyclic) bond motifs is 2. The molecule has 4 aromatic rings. The minimum Gasteiger partial charge on any atom is -0.469 e. The second-order valence-electron chi connectivity index (χ2n) is 6.96. The maximum Gasteiger partial charge on any atom is 0.355 e. The normalized spacial score (nSPS) is 11.0. The van der Waals surface area contributed by atoms with Crippen molar-refractivity contribution in [1.82, 2.24) is 4.57 Å². The number of hydrogen-bond acceptors (Lipinski definition) is 4. The summed E-state index contributed by atoms with van der Waals surface area (Å²) in [6, 6.07) is 17.8. The highest BCUT2D eigenvalue weighted by Gasteiger charge is 2.25. The van der Waals surface area contributed by atoms with E-state index in [1.54, 1.807) is 6.07 Å². The number of halogens is 1. The summed E-state index contributed by atoms with van der Waals surface area (Å²) in [6.45, 7) is 0.312. The lowest BCUT2D eigenvalue weighted by Crippen LogP contribution is -2.15. The Balaban J connectivity index is 1.96. The van der Waals surface area contributed by atoms with Gasteiger partial charge in [0, 0.05) is 23.0 Å². The Hall–Kier alpha value is -3.67. The highest BCUT2D eigenvalue weighted by Crippen LogP contribution is 2.30. The fraction of sp³-hybridized carbons (Fsp3) is 0.167. The van der Waals surface area contributed by atoms with Crippen molar-refractivity contribution >= 4 is 33.6 Å². The van der Waals surface area contributed by atoms with Crippen LogP contribution in [-0.4, -0.2) is 30.7 Å². The first-order valence-electron chi connectivity index (χ1n) is 9.46. The van der Waals surface area contributed by atoms with E-state index in [0.29, 0.717) is 12.1 Å². The largest absolute Gasteiger partial charge is 0.469 e. The van der Waals surface area contributed by atoms with Gasteiger partial charge in [-0.05, 0) is 34.5 Å². The number of methoxy groups -OCH3 is 2. The lowest BCUT2D eigenvalue weighted by Gasteiger charge is -2.13. The molecular weight excluding hydrogens is 385 g/mol. The quantitative estimate of drug-likeness (QED) is 0.459. The molecular formula is C24H20FNO4. The molecule has 30 heavy (non-hydrogen) atoms. The number of carbonyl (C=O) groups is 2. The van der Waals surface area contributed by atoms with Gasteiger partial charge in [-0.2, -0.15) is 0 Å². The second kappa shape index (κ2) is 7.99. The number of ether oxygens (including phenoxy) is 2. The summed E-state index contributed by atoms with van der Waals surface area (Å²) in [5.74, 6) is -1.32. The van der Waals surface area contributed by atoms with Gasteiger partial charge in [-0.25, -0.2) is 9.18 Å². The van der Waals surface area contributed by atoms with E-state index in [4.69, 9.17) is 9.47 Å². The van der Waals surface area contributed by atoms with Crippen molar-refractivity contribution in [2.24, 2.45) is 0 Å². The van der Waals surface area contributed by atoms with Gasteiger partial charge < -0.3 is 14.0 Å². The molecule has 0 aliphatic carbocycles. The molecule has 0 N–H and O–H groups in total. The van der Waals surface area contributed by atoms with Crippen molar-refractivity contribution < 1.29 is 23.5 Å². The van der Waals surface area contributed by atoms with Crippen molar-refractivity contribution in [2.75, 3.05) is 14.2 Å². The van der Waals surface area contributed by atoms with Gasteiger partial charge in [-0.3, -0.25) is 4.79 Å². The van der Waals surface area contributed by atoms with Crippen LogP contribution in [0.25, 0.3) is 21.7 Å². The number of hydrogen-bond donors (Lipinski definition) is 0. The summed E-state index contributed by atoms with van der Waals surface area (Å²) < 4.78 is 25.6. The number of esters is 2. The Bertz CT molecular complexity index is 1280. The molecule has 6 heteroatoms. The van der Waals surface area contributed by atoms with E-state index in [-0.39, 0.29) is 17.9 Å². The smallest absolute Gasteiger partial charge is 0.355 e. The first-order chi connectivity index (χ1) is 14.5. The lowest BCUT2D eigenvalue weighted by molar-refractivity contribution is -0.139. The Kier molecular flexibility index (Phi) is 5.23. The summed E-state index contributed by atoms with van der Waals surface area (Å²) in [4.78, 5) is 24.8. The van der Waals surface area contributed by atoms with Crippen LogP contribution in [0.3, 0.4) is 0 Å². The standard InChI is InChI=1S/C24H20FNO4/c1-29-22(27)13-20-18-8-3-4-9-21(18)26(23(20)24(28)30-2)14-16-7-5-6-15-10-11-17(25)12-19(15)16/h3-12H,13-14H2,1-2H3. The first-order valence-corrected chi connectivity index (χ1v) is 9.46. The van der Waals surface area contributed by atoms with Crippen LogP contribution in [-0.2, 0) is 27.2 Å². The summed E-state index contributed by atoms with van der Waals surface area (Å²) >= 11 is 0. The Morgan fingerprint density at radius 1 is 0.933 bits per heavy atom. The summed E-state index contributed by atoms with van der Waals surface area (Å²) in [7, 11) is 2.61. The van der Waals surface area contributed by atoms with E-state index in [9.17, 15) is 14.0 Å². The number of para-hydroxylation sites is 1. The predicted octanol–water partition coefficient (Wildman–Crippen LogP) is 4.48. The first kappa shape index (κ1) is 19.6. The zero-order valence-electron chi connectivity index (χ0n) is 16.6. The summed E-state index contributed by atoms with van der Waals surface area (Å²) in [6.07, 6.45) is -0.0569. The van der Waals surface area contributed by atoms with Crippen molar-refractivity contribution in [3.8, 4) is 0 Å². The van der Waals surface area contributed by atoms with Gasteiger partial charge in [0.15, 0.2) is 0 Å². The third-order valence-electron chi connectivity index (χ3n) is 5.27. The Morgan fingerprint density at radius 2 is 1.73 bits per heavy atom. The molecule has 0 unspecified atom stereocenters. The molecule has 3 aromatic carbocycles. The van der Waals surface area contributed by atoms with Crippen molar-refractivity contribution in [1.29, 1.82) is 0 Å². The van der Waals surface area contributed by atoms with Crippen molar-refractivity contribution in [3.63, 3.8) is 0 Å². The molecule has 4 rings (SSSR count). The fourth-order valence-corrected chi connectivity index (χ4v) is 3.88. The Labute approximate surface area is 172 Å². The molecule has 0 atom stereocenters. The molecule has 0 bridgehead atoms. The maximum absolute atomic E-state index is 13.9. The fourth-order valence-electron chi connectivity index (χ4n) is 3.88. The molecule has 0 spiro atoms. The van der Waals surface area contributed by atoms with Gasteiger partial charge in [0.1, 0.15) is 11.5 Å². The summed E-state index contributed by atoms with van der Waals surface area (Å²) in [5.41, 5.74) is 2.47. The van der Waals surface area contributed by atoms with E-state index < -0.39 is 11.9 Å². The number of benzene rings is 3. The van der Waals surface area contributed by atoms with Crippen LogP contribution in [0.5, 0.6) is 0 Å². The minimum atomic E-state index is -0.545. The number of aromatic nitrogens is 1. The topological polar surface area (TPSA) is 57.5 Å². The molecule has 0 amide bonds. The second-order valence-corrected chi connectivity index (χ2v) is 6.96. The predicted molar refractivity (Wildman–Crippen MR) is 112 cm³/mol. The van der Waals surface area contributed by atoms with Crippen molar-refractivity contribution in [2.45, 2.75) is 13.0 Å². The minimum absolute atomic E-state index is 0.0569. The van der Waals surface area contributed by atoms with Gasteiger partial charge in [-0.1, -0.05) is 42.5 Å². The van der Waals surface area contributed by atoms with Crippen LogP contribution in [0.15, 0.2) is 60.7 Å². The van der Waals surface area contributed by atoms with Crippen LogP contribution in [0, 0.1) is 5.82 Å². The molecule has 5 nitrogen and oxygen atoms in total. The van der Waals surface area contributed by atoms with Crippen LogP contribution in [0.1, 0.15) is 21.6 Å². The third-order valence-corrected chi connectivity index (χ3v) is 5.27. The van der Waals surface area contributed by atoms with Gasteiger partial charge in [0.05, 0.1) is 20.6 Å². The lowest BCUT2D eigenvalue weighted by atomic mass is 10.0. The van der Waals surface area contributed by atoms with Gasteiger partial charge >= 0.3 is 11.9 Å². The SMILES string of the molecule is COC(=O)Cc1c(C(=O)OC)n(Cc2cccc3ccc(F)cc23)c2ccccc12. The van der Waals surface area contributed by atoms with E-state index >= 15 is 0 Å². The highest BCUT2D eigenvalue weighted by atomic mass is 19.1. The average molecular weight is 405 g/mol. The van der Waals surface area contributed by atoms with E-state index in [1.807, 2.05) is 47.0 Å². The number of nitrogens with zero attached hydrogens (tertiary/aromatic N) is 1. The van der Waals surface area contributed by atoms with Crippen LogP contribution >= 0.6 is 0 Å². The monoisotopic (exact) mass is 405 g/mol. The molecule has 0 radical (unpaired) electrons. The van der Waals surface area contributed by atoms with Gasteiger partial charge in [-0.15, -0.1) is 0 Å². The molecule has 0 aliphatic heterocycles. The van der Waals surface area contributed by atoms with Crippen LogP contribution < -0.4 is 0 Å². The zero-order valence-corrected chi connectivity index (χ0v) is 16.6. The van der Waals surface area contributed by atoms with E-state index in [2.05, 4.69) is 0 Å². The molecule has 0 saturated heterocycles. The van der Waals surface area contributed by atoms with Crippen LogP contribution in [0.2, 0.25) is 0 Å². The van der Waals surface area contributed by atoms with E-state index in [0.717, 1.165) is 27.2 Å². The third kappa shape index (κ3) is 3.41. The van der Waals surface area contributed by atoms with Gasteiger partial charge in [0.25, 0.3) is 0 Å². The zero-order chi connectivity index (χ0) is 21.3. The summed E-state index contributed by atoms with van der Waals surface area (Å²) in [5, 5.41) is 2.44. The molecule has 1 heterocycles. The van der Waals surface area contributed by atoms with Gasteiger partial charge in [0.2, 0.25) is 0 Å².